The molecule has 0 saturated heterocycles. The molecule has 1 aromatic rings. The van der Waals surface area contributed by atoms with Gasteiger partial charge in [-0.1, -0.05) is 0 Å². The van der Waals surface area contributed by atoms with Crippen molar-refractivity contribution in [3.63, 3.8) is 0 Å². The highest BCUT2D eigenvalue weighted by molar-refractivity contribution is 5.76. The van der Waals surface area contributed by atoms with E-state index in [1.807, 2.05) is 37.8 Å². The third kappa shape index (κ3) is 3.85. The van der Waals surface area contributed by atoms with Crippen molar-refractivity contribution in [2.45, 2.75) is 45.8 Å². The maximum atomic E-state index is 11.8. The van der Waals surface area contributed by atoms with Crippen molar-refractivity contribution >= 4 is 11.8 Å². The molecule has 1 fully saturated rings. The first-order chi connectivity index (χ1) is 9.61. The Morgan fingerprint density at radius 2 is 2.25 bits per heavy atom. The van der Waals surface area contributed by atoms with Crippen molar-refractivity contribution in [2.24, 2.45) is 0 Å². The zero-order valence-electron chi connectivity index (χ0n) is 12.3. The van der Waals surface area contributed by atoms with Gasteiger partial charge in [0.25, 0.3) is 0 Å². The van der Waals surface area contributed by atoms with Gasteiger partial charge in [0.2, 0.25) is 0 Å². The molecule has 1 aliphatic rings. The molecule has 20 heavy (non-hydrogen) atoms. The fourth-order valence-electron chi connectivity index (χ4n) is 2.05. The summed E-state index contributed by atoms with van der Waals surface area (Å²) in [5.41, 5.74) is 0. The van der Waals surface area contributed by atoms with Crippen LogP contribution in [0.5, 0.6) is 5.75 Å². The number of esters is 1. The van der Waals surface area contributed by atoms with Gasteiger partial charge in [0, 0.05) is 12.2 Å². The summed E-state index contributed by atoms with van der Waals surface area (Å²) >= 11 is 0. The summed E-state index contributed by atoms with van der Waals surface area (Å²) < 4.78 is 10.8. The van der Waals surface area contributed by atoms with Gasteiger partial charge in [-0.3, -0.25) is 4.79 Å². The first kappa shape index (κ1) is 14.6. The van der Waals surface area contributed by atoms with Crippen molar-refractivity contribution in [2.75, 3.05) is 18.1 Å². The van der Waals surface area contributed by atoms with E-state index in [4.69, 9.17) is 9.47 Å². The number of carbonyl (C=O) groups is 1. The van der Waals surface area contributed by atoms with Crippen molar-refractivity contribution in [3.05, 3.63) is 18.3 Å². The van der Waals surface area contributed by atoms with Gasteiger partial charge in [0.1, 0.15) is 6.54 Å². The Morgan fingerprint density at radius 3 is 2.85 bits per heavy atom. The SMILES string of the molecule is CCOC(=O)CN(c1ncccc1OC(C)C)C1CC1. The molecule has 5 heteroatoms. The summed E-state index contributed by atoms with van der Waals surface area (Å²) in [6, 6.07) is 4.10. The number of hydrogen-bond donors (Lipinski definition) is 0. The van der Waals surface area contributed by atoms with Crippen molar-refractivity contribution in [1.82, 2.24) is 4.98 Å². The Kier molecular flexibility index (Phi) is 4.82. The van der Waals surface area contributed by atoms with E-state index >= 15 is 0 Å². The molecule has 1 aliphatic carbocycles. The maximum absolute atomic E-state index is 11.8. The molecular formula is C15H22N2O3. The molecule has 5 nitrogen and oxygen atoms in total. The van der Waals surface area contributed by atoms with Crippen LogP contribution in [-0.2, 0) is 9.53 Å². The summed E-state index contributed by atoms with van der Waals surface area (Å²) in [5, 5.41) is 0. The molecule has 110 valence electrons. The zero-order chi connectivity index (χ0) is 14.5. The number of ether oxygens (including phenoxy) is 2. The monoisotopic (exact) mass is 278 g/mol. The lowest BCUT2D eigenvalue weighted by atomic mass is 10.3. The minimum absolute atomic E-state index is 0.0709. The molecule has 0 radical (unpaired) electrons. The molecule has 0 aliphatic heterocycles. The summed E-state index contributed by atoms with van der Waals surface area (Å²) in [5.74, 6) is 1.23. The highest BCUT2D eigenvalue weighted by Gasteiger charge is 2.33. The molecule has 2 rings (SSSR count). The number of rotatable bonds is 7. The highest BCUT2D eigenvalue weighted by Crippen LogP contribution is 2.35. The Balaban J connectivity index is 2.18. The van der Waals surface area contributed by atoms with Crippen LogP contribution in [0.4, 0.5) is 5.82 Å². The average Bonchev–Trinajstić information content (AvgIpc) is 3.21. The molecule has 0 spiro atoms. The summed E-state index contributed by atoms with van der Waals surface area (Å²) in [7, 11) is 0. The standard InChI is InChI=1S/C15H22N2O3/c1-4-19-14(18)10-17(12-7-8-12)15-13(20-11(2)3)6-5-9-16-15/h5-6,9,11-12H,4,7-8,10H2,1-3H3. The third-order valence-electron chi connectivity index (χ3n) is 2.98. The molecule has 1 aromatic heterocycles. The Hall–Kier alpha value is -1.78. The average molecular weight is 278 g/mol. The molecular weight excluding hydrogens is 256 g/mol. The number of hydrogen-bond acceptors (Lipinski definition) is 5. The van der Waals surface area contributed by atoms with E-state index in [9.17, 15) is 4.79 Å². The number of nitrogens with zero attached hydrogens (tertiary/aromatic N) is 2. The zero-order valence-corrected chi connectivity index (χ0v) is 12.3. The van der Waals surface area contributed by atoms with Crippen LogP contribution in [0.1, 0.15) is 33.6 Å². The number of pyridine rings is 1. The minimum atomic E-state index is -0.222. The molecule has 0 unspecified atom stereocenters. The van der Waals surface area contributed by atoms with Crippen LogP contribution in [0.2, 0.25) is 0 Å². The van der Waals surface area contributed by atoms with Crippen LogP contribution in [0.15, 0.2) is 18.3 Å². The van der Waals surface area contributed by atoms with Crippen molar-refractivity contribution < 1.29 is 14.3 Å². The van der Waals surface area contributed by atoms with E-state index in [0.29, 0.717) is 12.6 Å². The normalized spacial score (nSPS) is 14.2. The molecule has 0 aromatic carbocycles. The second kappa shape index (κ2) is 6.59. The van der Waals surface area contributed by atoms with Crippen LogP contribution in [0.3, 0.4) is 0 Å². The van der Waals surface area contributed by atoms with E-state index < -0.39 is 0 Å². The predicted octanol–water partition coefficient (Wildman–Crippen LogP) is 2.40. The van der Waals surface area contributed by atoms with Gasteiger partial charge in [-0.25, -0.2) is 4.98 Å². The number of anilines is 1. The van der Waals surface area contributed by atoms with Gasteiger partial charge in [-0.05, 0) is 45.7 Å². The first-order valence-electron chi connectivity index (χ1n) is 7.15. The van der Waals surface area contributed by atoms with E-state index in [0.717, 1.165) is 24.4 Å². The van der Waals surface area contributed by atoms with Crippen LogP contribution in [-0.4, -0.2) is 36.3 Å². The first-order valence-corrected chi connectivity index (χ1v) is 7.15. The quantitative estimate of drug-likeness (QED) is 0.717. The van der Waals surface area contributed by atoms with Crippen LogP contribution < -0.4 is 9.64 Å². The van der Waals surface area contributed by atoms with Crippen LogP contribution in [0, 0.1) is 0 Å². The number of aromatic nitrogens is 1. The molecule has 0 N–H and O–H groups in total. The molecule has 1 heterocycles. The molecule has 0 atom stereocenters. The Morgan fingerprint density at radius 1 is 1.50 bits per heavy atom. The lowest BCUT2D eigenvalue weighted by molar-refractivity contribution is -0.141. The highest BCUT2D eigenvalue weighted by atomic mass is 16.5. The van der Waals surface area contributed by atoms with Crippen LogP contribution >= 0.6 is 0 Å². The lowest BCUT2D eigenvalue weighted by Gasteiger charge is -2.25. The fraction of sp³-hybridized carbons (Fsp3) is 0.600. The van der Waals surface area contributed by atoms with E-state index in [2.05, 4.69) is 4.98 Å². The predicted molar refractivity (Wildman–Crippen MR) is 77.0 cm³/mol. The van der Waals surface area contributed by atoms with Gasteiger partial charge in [0.15, 0.2) is 11.6 Å². The van der Waals surface area contributed by atoms with Crippen LogP contribution in [0.25, 0.3) is 0 Å². The topological polar surface area (TPSA) is 51.7 Å². The summed E-state index contributed by atoms with van der Waals surface area (Å²) in [6.07, 6.45) is 3.96. The maximum Gasteiger partial charge on any atom is 0.325 e. The Labute approximate surface area is 119 Å². The summed E-state index contributed by atoms with van der Waals surface area (Å²) in [4.78, 5) is 18.2. The fourth-order valence-corrected chi connectivity index (χ4v) is 2.05. The van der Waals surface area contributed by atoms with Gasteiger partial charge >= 0.3 is 5.97 Å². The minimum Gasteiger partial charge on any atom is -0.487 e. The molecule has 1 saturated carbocycles. The third-order valence-corrected chi connectivity index (χ3v) is 2.98. The van der Waals surface area contributed by atoms with Gasteiger partial charge < -0.3 is 14.4 Å². The van der Waals surface area contributed by atoms with Gasteiger partial charge in [-0.2, -0.15) is 0 Å². The van der Waals surface area contributed by atoms with Gasteiger partial charge in [0.05, 0.1) is 12.7 Å². The van der Waals surface area contributed by atoms with E-state index in [-0.39, 0.29) is 18.6 Å². The second-order valence-corrected chi connectivity index (χ2v) is 5.16. The molecule has 0 bridgehead atoms. The van der Waals surface area contributed by atoms with E-state index in [1.165, 1.54) is 0 Å². The van der Waals surface area contributed by atoms with Crippen molar-refractivity contribution in [1.29, 1.82) is 0 Å². The van der Waals surface area contributed by atoms with Gasteiger partial charge in [-0.15, -0.1) is 0 Å². The smallest absolute Gasteiger partial charge is 0.325 e. The largest absolute Gasteiger partial charge is 0.487 e. The van der Waals surface area contributed by atoms with E-state index in [1.54, 1.807) is 6.20 Å². The Bertz CT molecular complexity index is 458. The molecule has 0 amide bonds. The summed E-state index contributed by atoms with van der Waals surface area (Å²) in [6.45, 7) is 6.39. The lowest BCUT2D eigenvalue weighted by Crippen LogP contribution is -2.34. The second-order valence-electron chi connectivity index (χ2n) is 5.16. The van der Waals surface area contributed by atoms with Crippen molar-refractivity contribution in [3.8, 4) is 5.75 Å². The number of carbonyl (C=O) groups excluding carboxylic acids is 1.